The van der Waals surface area contributed by atoms with Gasteiger partial charge in [-0.25, -0.2) is 13.8 Å². The minimum absolute atomic E-state index is 0.0611. The number of amides is 1. The average molecular weight is 487 g/mol. The summed E-state index contributed by atoms with van der Waals surface area (Å²) >= 11 is 0. The molecule has 0 aromatic carbocycles. The highest BCUT2D eigenvalue weighted by Crippen LogP contribution is 2.25. The first-order valence-corrected chi connectivity index (χ1v) is 11.8. The maximum atomic E-state index is 13.2. The van der Waals surface area contributed by atoms with Gasteiger partial charge < -0.3 is 20.5 Å². The molecule has 186 valence electrons. The number of fused-ring (bicyclic) bond motifs is 1. The van der Waals surface area contributed by atoms with Crippen LogP contribution in [-0.4, -0.2) is 69.1 Å². The van der Waals surface area contributed by atoms with Crippen LogP contribution in [-0.2, 0) is 0 Å². The van der Waals surface area contributed by atoms with Gasteiger partial charge in [0, 0.05) is 44.5 Å². The van der Waals surface area contributed by atoms with Gasteiger partial charge >= 0.3 is 0 Å². The van der Waals surface area contributed by atoms with E-state index in [-0.39, 0.29) is 30.1 Å². The third-order valence-corrected chi connectivity index (χ3v) is 6.47. The molecule has 2 aliphatic rings. The first-order valence-electron chi connectivity index (χ1n) is 11.8. The average Bonchev–Trinajstić information content (AvgIpc) is 3.55. The van der Waals surface area contributed by atoms with E-state index in [2.05, 4.69) is 26.0 Å². The largest absolute Gasteiger partial charge is 0.373 e. The molecule has 2 fully saturated rings. The van der Waals surface area contributed by atoms with Crippen molar-refractivity contribution in [3.05, 3.63) is 46.5 Å². The Morgan fingerprint density at radius 2 is 2.00 bits per heavy atom. The standard InChI is InChI=1S/C23H28F2N8O2/c1-26-20-11-19(30-21-16(12-27-33(20)21)22(34)28-14-4-5-14)29-17-3-2-8-32(23(17)35)15-6-9-31(10-7-15)13-18(24)25/h2-3,8,11-12,14-15,18,26H,4-7,9-10,13H2,1H3,(H,28,34)(H,29,30). The number of alkyl halides is 2. The molecule has 0 atom stereocenters. The first kappa shape index (κ1) is 23.2. The van der Waals surface area contributed by atoms with Crippen molar-refractivity contribution in [3.63, 3.8) is 0 Å². The van der Waals surface area contributed by atoms with Crippen molar-refractivity contribution in [1.29, 1.82) is 0 Å². The van der Waals surface area contributed by atoms with Crippen LogP contribution < -0.4 is 21.5 Å². The number of rotatable bonds is 8. The van der Waals surface area contributed by atoms with Crippen molar-refractivity contribution in [2.24, 2.45) is 0 Å². The van der Waals surface area contributed by atoms with Gasteiger partial charge in [-0.15, -0.1) is 0 Å². The Labute approximate surface area is 200 Å². The van der Waals surface area contributed by atoms with Gasteiger partial charge in [-0.2, -0.15) is 9.61 Å². The van der Waals surface area contributed by atoms with Crippen LogP contribution in [0, 0.1) is 0 Å². The lowest BCUT2D eigenvalue weighted by Gasteiger charge is -2.32. The van der Waals surface area contributed by atoms with Crippen LogP contribution in [0.4, 0.5) is 26.1 Å². The predicted octanol–water partition coefficient (Wildman–Crippen LogP) is 2.47. The fraction of sp³-hybridized carbons (Fsp3) is 0.478. The number of nitrogens with one attached hydrogen (secondary N) is 3. The molecule has 1 aliphatic heterocycles. The van der Waals surface area contributed by atoms with Gasteiger partial charge in [-0.1, -0.05) is 0 Å². The summed E-state index contributed by atoms with van der Waals surface area (Å²) < 4.78 is 28.6. The lowest BCUT2D eigenvalue weighted by Crippen LogP contribution is -2.39. The topological polar surface area (TPSA) is 109 Å². The van der Waals surface area contributed by atoms with Crippen molar-refractivity contribution < 1.29 is 13.6 Å². The monoisotopic (exact) mass is 486 g/mol. The molecule has 0 unspecified atom stereocenters. The smallest absolute Gasteiger partial charge is 0.274 e. The number of likely N-dealkylation sites (tertiary alicyclic amines) is 1. The van der Waals surface area contributed by atoms with Crippen LogP contribution in [0.2, 0.25) is 0 Å². The molecule has 1 saturated heterocycles. The number of halogens is 2. The van der Waals surface area contributed by atoms with E-state index in [1.165, 1.54) is 6.20 Å². The zero-order chi connectivity index (χ0) is 24.5. The summed E-state index contributed by atoms with van der Waals surface area (Å²) in [6, 6.07) is 5.30. The van der Waals surface area contributed by atoms with Crippen molar-refractivity contribution in [3.8, 4) is 0 Å². The lowest BCUT2D eigenvalue weighted by atomic mass is 10.0. The Morgan fingerprint density at radius 1 is 1.23 bits per heavy atom. The van der Waals surface area contributed by atoms with Crippen LogP contribution in [0.3, 0.4) is 0 Å². The van der Waals surface area contributed by atoms with Crippen LogP contribution in [0.5, 0.6) is 0 Å². The zero-order valence-electron chi connectivity index (χ0n) is 19.4. The highest BCUT2D eigenvalue weighted by molar-refractivity contribution is 6.00. The fourth-order valence-corrected chi connectivity index (χ4v) is 4.46. The van der Waals surface area contributed by atoms with Gasteiger partial charge in [-0.05, 0) is 37.8 Å². The van der Waals surface area contributed by atoms with Gasteiger partial charge in [-0.3, -0.25) is 14.5 Å². The third kappa shape index (κ3) is 4.97. The Balaban J connectivity index is 1.39. The second kappa shape index (κ2) is 9.61. The van der Waals surface area contributed by atoms with E-state index in [9.17, 15) is 18.4 Å². The Hall–Kier alpha value is -3.54. The first-order chi connectivity index (χ1) is 16.9. The Morgan fingerprint density at radius 3 is 2.69 bits per heavy atom. The van der Waals surface area contributed by atoms with E-state index in [0.29, 0.717) is 54.5 Å². The highest BCUT2D eigenvalue weighted by Gasteiger charge is 2.27. The number of nitrogens with zero attached hydrogens (tertiary/aromatic N) is 5. The normalized spacial score (nSPS) is 17.1. The summed E-state index contributed by atoms with van der Waals surface area (Å²) in [5.41, 5.74) is 0.857. The quantitative estimate of drug-likeness (QED) is 0.449. The van der Waals surface area contributed by atoms with E-state index >= 15 is 0 Å². The second-order valence-electron chi connectivity index (χ2n) is 9.00. The summed E-state index contributed by atoms with van der Waals surface area (Å²) in [5, 5.41) is 13.4. The summed E-state index contributed by atoms with van der Waals surface area (Å²) in [7, 11) is 1.74. The van der Waals surface area contributed by atoms with Crippen molar-refractivity contribution >= 4 is 28.9 Å². The summed E-state index contributed by atoms with van der Waals surface area (Å²) in [5.74, 6) is 0.768. The van der Waals surface area contributed by atoms with Gasteiger partial charge in [0.1, 0.15) is 22.9 Å². The molecule has 4 heterocycles. The Bertz CT molecular complexity index is 1280. The molecule has 1 aliphatic carbocycles. The van der Waals surface area contributed by atoms with Crippen LogP contribution in [0.15, 0.2) is 35.4 Å². The van der Waals surface area contributed by atoms with E-state index in [1.807, 2.05) is 0 Å². The molecular weight excluding hydrogens is 458 g/mol. The van der Waals surface area contributed by atoms with E-state index in [1.54, 1.807) is 45.4 Å². The number of pyridine rings is 1. The predicted molar refractivity (Wildman–Crippen MR) is 128 cm³/mol. The fourth-order valence-electron chi connectivity index (χ4n) is 4.46. The van der Waals surface area contributed by atoms with Gasteiger partial charge in [0.15, 0.2) is 5.65 Å². The molecule has 0 bridgehead atoms. The summed E-state index contributed by atoms with van der Waals surface area (Å²) in [6.45, 7) is 0.811. The molecule has 0 spiro atoms. The summed E-state index contributed by atoms with van der Waals surface area (Å²) in [4.78, 5) is 32.2. The SMILES string of the molecule is CNc1cc(Nc2cccn(C3CCN(CC(F)F)CC3)c2=O)nc2c(C(=O)NC3CC3)cnn12. The number of carbonyl (C=O) groups excluding carboxylic acids is 1. The number of piperidine rings is 1. The van der Waals surface area contributed by atoms with Gasteiger partial charge in [0.25, 0.3) is 17.9 Å². The van der Waals surface area contributed by atoms with Crippen molar-refractivity contribution in [2.45, 2.75) is 44.2 Å². The number of hydrogen-bond donors (Lipinski definition) is 3. The molecule has 10 nitrogen and oxygen atoms in total. The van der Waals surface area contributed by atoms with Crippen LogP contribution in [0.25, 0.3) is 5.65 Å². The molecule has 12 heteroatoms. The van der Waals surface area contributed by atoms with Gasteiger partial charge in [0.2, 0.25) is 0 Å². The molecule has 0 radical (unpaired) electrons. The minimum atomic E-state index is -2.36. The maximum Gasteiger partial charge on any atom is 0.274 e. The molecule has 35 heavy (non-hydrogen) atoms. The molecule has 5 rings (SSSR count). The Kier molecular flexibility index (Phi) is 6.37. The third-order valence-electron chi connectivity index (χ3n) is 6.47. The zero-order valence-corrected chi connectivity index (χ0v) is 19.4. The molecule has 3 aromatic rings. The maximum absolute atomic E-state index is 13.2. The van der Waals surface area contributed by atoms with Crippen molar-refractivity contribution in [1.82, 2.24) is 29.4 Å². The number of carbonyl (C=O) groups is 1. The van der Waals surface area contributed by atoms with E-state index < -0.39 is 6.43 Å². The second-order valence-corrected chi connectivity index (χ2v) is 9.00. The van der Waals surface area contributed by atoms with Crippen molar-refractivity contribution in [2.75, 3.05) is 37.3 Å². The number of anilines is 3. The minimum Gasteiger partial charge on any atom is -0.373 e. The van der Waals surface area contributed by atoms with Crippen LogP contribution >= 0.6 is 0 Å². The summed E-state index contributed by atoms with van der Waals surface area (Å²) in [6.07, 6.45) is 4.05. The molecule has 1 saturated carbocycles. The van der Waals surface area contributed by atoms with Crippen LogP contribution in [0.1, 0.15) is 42.1 Å². The molecule has 1 amide bonds. The number of hydrogen-bond acceptors (Lipinski definition) is 7. The molecular formula is C23H28F2N8O2. The molecule has 3 aromatic heterocycles. The van der Waals surface area contributed by atoms with E-state index in [4.69, 9.17) is 0 Å². The highest BCUT2D eigenvalue weighted by atomic mass is 19.3. The van der Waals surface area contributed by atoms with E-state index in [0.717, 1.165) is 12.8 Å². The molecule has 3 N–H and O–H groups in total. The van der Waals surface area contributed by atoms with Gasteiger partial charge in [0.05, 0.1) is 12.7 Å². The number of aromatic nitrogens is 4. The lowest BCUT2D eigenvalue weighted by molar-refractivity contribution is 0.0699.